The summed E-state index contributed by atoms with van der Waals surface area (Å²) in [6, 6.07) is 17.2. The van der Waals surface area contributed by atoms with Gasteiger partial charge in [-0.2, -0.15) is 0 Å². The molecule has 2 aromatic carbocycles. The van der Waals surface area contributed by atoms with Crippen LogP contribution in [0.25, 0.3) is 0 Å². The number of esters is 2. The number of benzene rings is 2. The summed E-state index contributed by atoms with van der Waals surface area (Å²) in [6.07, 6.45) is 6.69. The Labute approximate surface area is 267 Å². The number of carbonyl (C=O) groups excluding carboxylic acids is 3. The second-order valence-electron chi connectivity index (χ2n) is 13.4. The highest BCUT2D eigenvalue weighted by Crippen LogP contribution is 2.44. The Morgan fingerprint density at radius 2 is 1.20 bits per heavy atom. The lowest BCUT2D eigenvalue weighted by atomic mass is 9.66. The van der Waals surface area contributed by atoms with Crippen LogP contribution in [0.5, 0.6) is 0 Å². The number of rotatable bonds is 20. The zero-order valence-electron chi connectivity index (χ0n) is 28.7. The van der Waals surface area contributed by atoms with Crippen molar-refractivity contribution >= 4 is 17.7 Å². The van der Waals surface area contributed by atoms with Gasteiger partial charge in [-0.25, -0.2) is 0 Å². The lowest BCUT2D eigenvalue weighted by Gasteiger charge is -2.37. The fraction of sp³-hybridized carbons (Fsp3) is 0.615. The highest BCUT2D eigenvalue weighted by molar-refractivity contribution is 5.84. The van der Waals surface area contributed by atoms with Gasteiger partial charge in [-0.1, -0.05) is 89.6 Å². The van der Waals surface area contributed by atoms with Crippen molar-refractivity contribution in [3.8, 4) is 0 Å². The third-order valence-corrected chi connectivity index (χ3v) is 8.60. The Hall–Kier alpha value is -2.95. The molecule has 0 aliphatic heterocycles. The van der Waals surface area contributed by atoms with Gasteiger partial charge in [0.25, 0.3) is 0 Å². The normalized spacial score (nSPS) is 14.2. The number of ether oxygens (including phenoxy) is 2. The minimum atomic E-state index is -0.905. The average molecular weight is 607 g/mol. The van der Waals surface area contributed by atoms with E-state index in [0.29, 0.717) is 50.7 Å². The highest BCUT2D eigenvalue weighted by atomic mass is 16.5. The van der Waals surface area contributed by atoms with Gasteiger partial charge < -0.3 is 9.47 Å². The topological polar surface area (TPSA) is 69.7 Å². The van der Waals surface area contributed by atoms with Gasteiger partial charge in [-0.15, -0.1) is 0 Å². The van der Waals surface area contributed by atoms with E-state index < -0.39 is 5.41 Å². The molecule has 244 valence electrons. The predicted octanol–water partition coefficient (Wildman–Crippen LogP) is 9.19. The molecule has 0 amide bonds. The van der Waals surface area contributed by atoms with E-state index in [1.165, 1.54) is 11.1 Å². The molecule has 0 heterocycles. The van der Waals surface area contributed by atoms with E-state index >= 15 is 0 Å². The Morgan fingerprint density at radius 1 is 0.682 bits per heavy atom. The molecule has 0 bridgehead atoms. The maximum atomic E-state index is 13.8. The van der Waals surface area contributed by atoms with E-state index in [-0.39, 0.29) is 29.6 Å². The number of Topliss-reactive ketones (excluding diaryl/α,β-unsaturated/α-hetero) is 1. The second kappa shape index (κ2) is 18.8. The number of ketones is 1. The first-order chi connectivity index (χ1) is 20.9. The van der Waals surface area contributed by atoms with E-state index in [0.717, 1.165) is 43.2 Å². The molecule has 2 rings (SSSR count). The molecular formula is C39H58O5. The number of carbonyl (C=O) groups is 3. The Kier molecular flexibility index (Phi) is 15.9. The van der Waals surface area contributed by atoms with Gasteiger partial charge in [0.1, 0.15) is 5.78 Å². The molecule has 0 radical (unpaired) electrons. The van der Waals surface area contributed by atoms with Crippen LogP contribution in [0.3, 0.4) is 0 Å². The van der Waals surface area contributed by atoms with Gasteiger partial charge in [-0.3, -0.25) is 14.4 Å². The summed E-state index contributed by atoms with van der Waals surface area (Å²) in [4.78, 5) is 38.6. The SMILES string of the molecule is CCOC(=O)C(C)CCCCC(=O)CCCC(c1ccc(CC(C)C)cc1)C(C)(C(=O)OCC)c1ccc(CC(C)C)cc1. The molecule has 0 aromatic heterocycles. The average Bonchev–Trinajstić information content (AvgIpc) is 2.97. The molecule has 0 fully saturated rings. The van der Waals surface area contributed by atoms with Gasteiger partial charge in [0.15, 0.2) is 0 Å². The van der Waals surface area contributed by atoms with Crippen molar-refractivity contribution in [3.63, 3.8) is 0 Å². The smallest absolute Gasteiger partial charge is 0.316 e. The van der Waals surface area contributed by atoms with Crippen molar-refractivity contribution in [2.24, 2.45) is 17.8 Å². The summed E-state index contributed by atoms with van der Waals surface area (Å²) < 4.78 is 10.8. The van der Waals surface area contributed by atoms with Crippen LogP contribution in [-0.4, -0.2) is 30.9 Å². The van der Waals surface area contributed by atoms with E-state index in [4.69, 9.17) is 9.47 Å². The number of hydrogen-bond donors (Lipinski definition) is 0. The van der Waals surface area contributed by atoms with Crippen molar-refractivity contribution in [2.45, 2.75) is 125 Å². The third kappa shape index (κ3) is 11.5. The van der Waals surface area contributed by atoms with Crippen molar-refractivity contribution in [2.75, 3.05) is 13.2 Å². The summed E-state index contributed by atoms with van der Waals surface area (Å²) in [5.74, 6) is 0.659. The number of hydrogen-bond acceptors (Lipinski definition) is 5. The fourth-order valence-electron chi connectivity index (χ4n) is 6.15. The molecule has 0 saturated heterocycles. The molecule has 0 N–H and O–H groups in total. The Morgan fingerprint density at radius 3 is 1.73 bits per heavy atom. The zero-order valence-corrected chi connectivity index (χ0v) is 28.7. The molecule has 3 atom stereocenters. The predicted molar refractivity (Wildman–Crippen MR) is 180 cm³/mol. The highest BCUT2D eigenvalue weighted by Gasteiger charge is 2.44. The molecule has 0 aliphatic carbocycles. The molecule has 44 heavy (non-hydrogen) atoms. The molecular weight excluding hydrogens is 548 g/mol. The first kappa shape index (κ1) is 37.2. The molecule has 5 heteroatoms. The lowest BCUT2D eigenvalue weighted by Crippen LogP contribution is -2.40. The minimum absolute atomic E-state index is 0.141. The van der Waals surface area contributed by atoms with Gasteiger partial charge in [0.05, 0.1) is 24.5 Å². The molecule has 0 aliphatic rings. The van der Waals surface area contributed by atoms with Crippen LogP contribution in [0, 0.1) is 17.8 Å². The zero-order chi connectivity index (χ0) is 32.7. The van der Waals surface area contributed by atoms with Crippen molar-refractivity contribution in [3.05, 3.63) is 70.8 Å². The molecule has 3 unspecified atom stereocenters. The monoisotopic (exact) mass is 606 g/mol. The van der Waals surface area contributed by atoms with Crippen molar-refractivity contribution < 1.29 is 23.9 Å². The van der Waals surface area contributed by atoms with Crippen LogP contribution in [0.15, 0.2) is 48.5 Å². The maximum absolute atomic E-state index is 13.8. The van der Waals surface area contributed by atoms with E-state index in [1.807, 2.05) is 27.7 Å². The van der Waals surface area contributed by atoms with Crippen LogP contribution in [0.4, 0.5) is 0 Å². The molecule has 0 saturated carbocycles. The van der Waals surface area contributed by atoms with E-state index in [9.17, 15) is 14.4 Å². The quantitative estimate of drug-likeness (QED) is 0.111. The van der Waals surface area contributed by atoms with E-state index in [2.05, 4.69) is 76.2 Å². The van der Waals surface area contributed by atoms with Crippen molar-refractivity contribution in [1.29, 1.82) is 0 Å². The largest absolute Gasteiger partial charge is 0.466 e. The summed E-state index contributed by atoms with van der Waals surface area (Å²) >= 11 is 0. The van der Waals surface area contributed by atoms with Gasteiger partial charge in [0, 0.05) is 18.8 Å². The Balaban J connectivity index is 2.26. The maximum Gasteiger partial charge on any atom is 0.316 e. The first-order valence-electron chi connectivity index (χ1n) is 17.0. The van der Waals surface area contributed by atoms with Gasteiger partial charge >= 0.3 is 11.9 Å². The van der Waals surface area contributed by atoms with Gasteiger partial charge in [0.2, 0.25) is 0 Å². The Bertz CT molecular complexity index is 1150. The third-order valence-electron chi connectivity index (χ3n) is 8.60. The minimum Gasteiger partial charge on any atom is -0.466 e. The fourth-order valence-corrected chi connectivity index (χ4v) is 6.15. The van der Waals surface area contributed by atoms with Crippen LogP contribution < -0.4 is 0 Å². The second-order valence-corrected chi connectivity index (χ2v) is 13.4. The summed E-state index contributed by atoms with van der Waals surface area (Å²) in [5, 5.41) is 0. The standard InChI is InChI=1S/C39H58O5/c1-9-43-37(41)30(7)14-11-12-15-35(40)16-13-17-36(33-22-18-31(19-23-33)26-28(3)4)39(8,38(42)44-10-2)34-24-20-32(21-25-34)27-29(5)6/h18-25,28-30,36H,9-17,26-27H2,1-8H3. The molecule has 2 aromatic rings. The lowest BCUT2D eigenvalue weighted by molar-refractivity contribution is -0.151. The van der Waals surface area contributed by atoms with Gasteiger partial charge in [-0.05, 0) is 93.4 Å². The van der Waals surface area contributed by atoms with E-state index in [1.54, 1.807) is 0 Å². The van der Waals surface area contributed by atoms with Crippen LogP contribution in [-0.2, 0) is 42.1 Å². The summed E-state index contributed by atoms with van der Waals surface area (Å²) in [7, 11) is 0. The first-order valence-corrected chi connectivity index (χ1v) is 17.0. The molecule has 5 nitrogen and oxygen atoms in total. The van der Waals surface area contributed by atoms with Crippen LogP contribution in [0.1, 0.15) is 129 Å². The van der Waals surface area contributed by atoms with Crippen LogP contribution >= 0.6 is 0 Å². The summed E-state index contributed by atoms with van der Waals surface area (Å²) in [5.41, 5.74) is 3.68. The number of unbranched alkanes of at least 4 members (excludes halogenated alkanes) is 1. The van der Waals surface area contributed by atoms with Crippen LogP contribution in [0.2, 0.25) is 0 Å². The summed E-state index contributed by atoms with van der Waals surface area (Å²) in [6.45, 7) is 17.1. The molecule has 0 spiro atoms. The van der Waals surface area contributed by atoms with Crippen molar-refractivity contribution in [1.82, 2.24) is 0 Å².